The molecule has 3 heteroatoms. The molecule has 0 aromatic heterocycles. The van der Waals surface area contributed by atoms with Crippen molar-refractivity contribution in [3.8, 4) is 0 Å². The van der Waals surface area contributed by atoms with Crippen molar-refractivity contribution in [2.24, 2.45) is 17.1 Å². The van der Waals surface area contributed by atoms with Gasteiger partial charge in [0.1, 0.15) is 0 Å². The third-order valence-corrected chi connectivity index (χ3v) is 6.03. The molecular formula is C17H34N2O. The lowest BCUT2D eigenvalue weighted by atomic mass is 9.77. The summed E-state index contributed by atoms with van der Waals surface area (Å²) in [7, 11) is 0. The Morgan fingerprint density at radius 1 is 1.05 bits per heavy atom. The summed E-state index contributed by atoms with van der Waals surface area (Å²) in [4.78, 5) is 2.61. The van der Waals surface area contributed by atoms with E-state index >= 15 is 0 Å². The number of ether oxygens (including phenoxy) is 1. The second kappa shape index (κ2) is 5.26. The van der Waals surface area contributed by atoms with Crippen molar-refractivity contribution in [3.05, 3.63) is 0 Å². The largest absolute Gasteiger partial charge is 0.368 e. The fraction of sp³-hybridized carbons (Fsp3) is 1.00. The lowest BCUT2D eigenvalue weighted by Crippen LogP contribution is -2.50. The quantitative estimate of drug-likeness (QED) is 0.864. The summed E-state index contributed by atoms with van der Waals surface area (Å²) in [5.74, 6) is 0.420. The molecule has 2 N–H and O–H groups in total. The summed E-state index contributed by atoms with van der Waals surface area (Å²) in [5.41, 5.74) is 6.71. The molecule has 2 saturated heterocycles. The van der Waals surface area contributed by atoms with E-state index in [0.29, 0.717) is 11.3 Å². The third-order valence-electron chi connectivity index (χ3n) is 6.03. The molecule has 3 nitrogen and oxygen atoms in total. The summed E-state index contributed by atoms with van der Waals surface area (Å²) in [5, 5.41) is 0. The molecule has 2 aliphatic heterocycles. The molecular weight excluding hydrogens is 248 g/mol. The molecule has 0 saturated carbocycles. The topological polar surface area (TPSA) is 38.5 Å². The molecule has 2 unspecified atom stereocenters. The summed E-state index contributed by atoms with van der Waals surface area (Å²) in [6, 6.07) is 0.122. The zero-order chi connectivity index (χ0) is 15.2. The highest BCUT2D eigenvalue weighted by Gasteiger charge is 2.52. The highest BCUT2D eigenvalue weighted by Crippen LogP contribution is 2.42. The number of piperidine rings is 1. The van der Waals surface area contributed by atoms with E-state index in [2.05, 4.69) is 46.4 Å². The van der Waals surface area contributed by atoms with Gasteiger partial charge in [0.25, 0.3) is 0 Å². The van der Waals surface area contributed by atoms with Gasteiger partial charge in [0, 0.05) is 18.5 Å². The highest BCUT2D eigenvalue weighted by atomic mass is 16.5. The first-order chi connectivity index (χ1) is 9.10. The van der Waals surface area contributed by atoms with Crippen LogP contribution in [0.25, 0.3) is 0 Å². The van der Waals surface area contributed by atoms with Crippen molar-refractivity contribution < 1.29 is 4.74 Å². The number of hydrogen-bond donors (Lipinski definition) is 1. The van der Waals surface area contributed by atoms with Crippen LogP contribution in [0.3, 0.4) is 0 Å². The average Bonchev–Trinajstić information content (AvgIpc) is 2.50. The Morgan fingerprint density at radius 2 is 1.60 bits per heavy atom. The Balaban J connectivity index is 1.97. The number of hydrogen-bond acceptors (Lipinski definition) is 3. The average molecular weight is 282 g/mol. The van der Waals surface area contributed by atoms with Crippen molar-refractivity contribution in [2.75, 3.05) is 19.6 Å². The maximum absolute atomic E-state index is 6.48. The van der Waals surface area contributed by atoms with E-state index in [0.717, 1.165) is 6.54 Å². The molecule has 0 aromatic rings. The van der Waals surface area contributed by atoms with Crippen LogP contribution in [0.1, 0.15) is 60.8 Å². The van der Waals surface area contributed by atoms with Crippen molar-refractivity contribution in [3.63, 3.8) is 0 Å². The Morgan fingerprint density at radius 3 is 2.00 bits per heavy atom. The van der Waals surface area contributed by atoms with Gasteiger partial charge in [-0.2, -0.15) is 0 Å². The molecule has 2 aliphatic rings. The van der Waals surface area contributed by atoms with Crippen molar-refractivity contribution >= 4 is 0 Å². The van der Waals surface area contributed by atoms with E-state index < -0.39 is 0 Å². The van der Waals surface area contributed by atoms with Crippen LogP contribution < -0.4 is 5.73 Å². The molecule has 0 bridgehead atoms. The fourth-order valence-electron chi connectivity index (χ4n) is 3.98. The maximum Gasteiger partial charge on any atom is 0.0788 e. The van der Waals surface area contributed by atoms with Crippen molar-refractivity contribution in [1.82, 2.24) is 4.90 Å². The number of likely N-dealkylation sites (tertiary alicyclic amines) is 1. The predicted octanol–water partition coefficient (Wildman–Crippen LogP) is 3.03. The molecule has 0 aromatic carbocycles. The van der Waals surface area contributed by atoms with E-state index in [4.69, 9.17) is 10.5 Å². The van der Waals surface area contributed by atoms with Gasteiger partial charge in [-0.3, -0.25) is 0 Å². The Bertz CT molecular complexity index is 343. The standard InChI is InChI=1S/C17H34N2O/c1-7-17(6)8-10-19(11-9-17)12-13-14(18)16(4,5)20-15(13,2)3/h13-14H,7-12,18H2,1-6H3. The highest BCUT2D eigenvalue weighted by molar-refractivity contribution is 5.05. The van der Waals surface area contributed by atoms with Gasteiger partial charge in [0.15, 0.2) is 0 Å². The smallest absolute Gasteiger partial charge is 0.0788 e. The fourth-order valence-corrected chi connectivity index (χ4v) is 3.98. The minimum absolute atomic E-state index is 0.117. The molecule has 0 aliphatic carbocycles. The first-order valence-electron chi connectivity index (χ1n) is 8.28. The van der Waals surface area contributed by atoms with Crippen molar-refractivity contribution in [2.45, 2.75) is 78.0 Å². The van der Waals surface area contributed by atoms with Crippen LogP contribution in [0.4, 0.5) is 0 Å². The van der Waals surface area contributed by atoms with Gasteiger partial charge < -0.3 is 15.4 Å². The molecule has 0 amide bonds. The zero-order valence-electron chi connectivity index (χ0n) is 14.3. The lowest BCUT2D eigenvalue weighted by molar-refractivity contribution is -0.0793. The van der Waals surface area contributed by atoms with E-state index in [1.807, 2.05) is 0 Å². The number of rotatable bonds is 3. The first kappa shape index (κ1) is 16.3. The molecule has 2 rings (SSSR count). The van der Waals surface area contributed by atoms with Crippen LogP contribution in [0.2, 0.25) is 0 Å². The molecule has 2 heterocycles. The molecule has 20 heavy (non-hydrogen) atoms. The van der Waals surface area contributed by atoms with Gasteiger partial charge >= 0.3 is 0 Å². The Kier molecular flexibility index (Phi) is 4.27. The molecule has 2 fully saturated rings. The maximum atomic E-state index is 6.48. The molecule has 2 atom stereocenters. The number of nitrogens with two attached hydrogens (primary N) is 1. The van der Waals surface area contributed by atoms with Crippen LogP contribution in [-0.2, 0) is 4.74 Å². The first-order valence-corrected chi connectivity index (χ1v) is 8.28. The minimum Gasteiger partial charge on any atom is -0.368 e. The van der Waals surface area contributed by atoms with E-state index in [9.17, 15) is 0 Å². The summed E-state index contributed by atoms with van der Waals surface area (Å²) in [6.45, 7) is 16.9. The lowest BCUT2D eigenvalue weighted by Gasteiger charge is -2.41. The minimum atomic E-state index is -0.206. The van der Waals surface area contributed by atoms with Gasteiger partial charge in [-0.25, -0.2) is 0 Å². The summed E-state index contributed by atoms with van der Waals surface area (Å²) in [6.07, 6.45) is 3.93. The van der Waals surface area contributed by atoms with Crippen LogP contribution in [0.5, 0.6) is 0 Å². The van der Waals surface area contributed by atoms with Gasteiger partial charge in [0.05, 0.1) is 11.2 Å². The SMILES string of the molecule is CCC1(C)CCN(CC2C(N)C(C)(C)OC2(C)C)CC1. The van der Waals surface area contributed by atoms with Crippen LogP contribution in [0.15, 0.2) is 0 Å². The normalized spacial score (nSPS) is 36.1. The van der Waals surface area contributed by atoms with Gasteiger partial charge in [-0.15, -0.1) is 0 Å². The van der Waals surface area contributed by atoms with Crippen LogP contribution in [-0.4, -0.2) is 41.8 Å². The van der Waals surface area contributed by atoms with E-state index in [-0.39, 0.29) is 17.2 Å². The van der Waals surface area contributed by atoms with Crippen LogP contribution in [0, 0.1) is 11.3 Å². The second-order valence-corrected chi connectivity index (χ2v) is 8.41. The Hall–Kier alpha value is -0.120. The summed E-state index contributed by atoms with van der Waals surface area (Å²) >= 11 is 0. The Labute approximate surface area is 125 Å². The third kappa shape index (κ3) is 3.05. The van der Waals surface area contributed by atoms with E-state index in [1.165, 1.54) is 32.4 Å². The van der Waals surface area contributed by atoms with E-state index in [1.54, 1.807) is 0 Å². The van der Waals surface area contributed by atoms with Gasteiger partial charge in [-0.1, -0.05) is 20.3 Å². The van der Waals surface area contributed by atoms with Crippen LogP contribution >= 0.6 is 0 Å². The number of nitrogens with zero attached hydrogens (tertiary/aromatic N) is 1. The summed E-state index contributed by atoms with van der Waals surface area (Å²) < 4.78 is 6.21. The van der Waals surface area contributed by atoms with Gasteiger partial charge in [-0.05, 0) is 59.0 Å². The monoisotopic (exact) mass is 282 g/mol. The van der Waals surface area contributed by atoms with Gasteiger partial charge in [0.2, 0.25) is 0 Å². The molecule has 0 spiro atoms. The van der Waals surface area contributed by atoms with Crippen molar-refractivity contribution in [1.29, 1.82) is 0 Å². The molecule has 118 valence electrons. The predicted molar refractivity (Wildman–Crippen MR) is 84.8 cm³/mol. The zero-order valence-corrected chi connectivity index (χ0v) is 14.3. The second-order valence-electron chi connectivity index (χ2n) is 8.41. The molecule has 0 radical (unpaired) electrons.